The number of carbonyl (C=O) groups excluding carboxylic acids is 1. The summed E-state index contributed by atoms with van der Waals surface area (Å²) >= 11 is 0. The molecule has 0 aromatic heterocycles. The first-order valence-corrected chi connectivity index (χ1v) is 2.79. The number of aldehydes is 1. The average molecular weight is 116 g/mol. The highest BCUT2D eigenvalue weighted by Crippen LogP contribution is 1.96. The predicted octanol–water partition coefficient (Wildman–Crippen LogP) is 0.858. The first-order valence-electron chi connectivity index (χ1n) is 2.79. The third kappa shape index (κ3) is 2.75. The lowest BCUT2D eigenvalue weighted by atomic mass is 10.1. The van der Waals surface area contributed by atoms with E-state index in [4.69, 9.17) is 4.74 Å². The summed E-state index contributed by atoms with van der Waals surface area (Å²) in [6.45, 7) is 2.53. The molecule has 0 aromatic rings. The highest BCUT2D eigenvalue weighted by Gasteiger charge is 2.00. The summed E-state index contributed by atoms with van der Waals surface area (Å²) < 4.78 is 4.75. The van der Waals surface area contributed by atoms with Crippen LogP contribution in [-0.4, -0.2) is 20.0 Å². The van der Waals surface area contributed by atoms with Gasteiger partial charge in [-0.3, -0.25) is 0 Å². The Morgan fingerprint density at radius 1 is 1.75 bits per heavy atom. The minimum atomic E-state index is 0.0972. The van der Waals surface area contributed by atoms with Crippen molar-refractivity contribution in [2.24, 2.45) is 5.92 Å². The number of hydrogen-bond acceptors (Lipinski definition) is 2. The van der Waals surface area contributed by atoms with Gasteiger partial charge in [0.25, 0.3) is 0 Å². The van der Waals surface area contributed by atoms with Crippen LogP contribution in [0.15, 0.2) is 0 Å². The molecule has 2 nitrogen and oxygen atoms in total. The molecule has 1 atom stereocenters. The lowest BCUT2D eigenvalue weighted by Gasteiger charge is -2.02. The van der Waals surface area contributed by atoms with Crippen molar-refractivity contribution in [2.75, 3.05) is 13.7 Å². The van der Waals surface area contributed by atoms with E-state index in [1.54, 1.807) is 7.11 Å². The molecule has 0 aliphatic heterocycles. The standard InChI is InChI=1S/C6H12O2/c1-3-6(4-7)5-8-2/h4,6H,3,5H2,1-2H3. The van der Waals surface area contributed by atoms with Crippen molar-refractivity contribution in [2.45, 2.75) is 13.3 Å². The Kier molecular flexibility index (Phi) is 4.56. The summed E-state index contributed by atoms with van der Waals surface area (Å²) in [5, 5.41) is 0. The van der Waals surface area contributed by atoms with Gasteiger partial charge in [-0.15, -0.1) is 0 Å². The summed E-state index contributed by atoms with van der Waals surface area (Å²) in [7, 11) is 1.60. The molecule has 0 heterocycles. The molecule has 0 spiro atoms. The highest BCUT2D eigenvalue weighted by atomic mass is 16.5. The number of carbonyl (C=O) groups is 1. The Balaban J connectivity index is 3.21. The molecule has 0 aliphatic rings. The zero-order valence-electron chi connectivity index (χ0n) is 5.39. The van der Waals surface area contributed by atoms with E-state index in [0.717, 1.165) is 12.7 Å². The lowest BCUT2D eigenvalue weighted by molar-refractivity contribution is -0.112. The van der Waals surface area contributed by atoms with Gasteiger partial charge in [-0.2, -0.15) is 0 Å². The molecule has 0 fully saturated rings. The monoisotopic (exact) mass is 116 g/mol. The first-order chi connectivity index (χ1) is 3.85. The van der Waals surface area contributed by atoms with Crippen LogP contribution >= 0.6 is 0 Å². The van der Waals surface area contributed by atoms with Crippen LogP contribution in [0.3, 0.4) is 0 Å². The van der Waals surface area contributed by atoms with Crippen molar-refractivity contribution in [1.29, 1.82) is 0 Å². The van der Waals surface area contributed by atoms with Crippen LogP contribution in [0.25, 0.3) is 0 Å². The van der Waals surface area contributed by atoms with E-state index in [1.165, 1.54) is 0 Å². The molecule has 1 unspecified atom stereocenters. The summed E-state index contributed by atoms with van der Waals surface area (Å²) in [6, 6.07) is 0. The van der Waals surface area contributed by atoms with Crippen LogP contribution in [0, 0.1) is 5.92 Å². The van der Waals surface area contributed by atoms with Crippen LogP contribution < -0.4 is 0 Å². The molecule has 0 rings (SSSR count). The van der Waals surface area contributed by atoms with E-state index in [1.807, 2.05) is 6.92 Å². The molecule has 0 N–H and O–H groups in total. The van der Waals surface area contributed by atoms with E-state index in [2.05, 4.69) is 0 Å². The number of ether oxygens (including phenoxy) is 1. The second kappa shape index (κ2) is 4.78. The van der Waals surface area contributed by atoms with Crippen molar-refractivity contribution in [3.8, 4) is 0 Å². The third-order valence-corrected chi connectivity index (χ3v) is 1.10. The summed E-state index contributed by atoms with van der Waals surface area (Å²) in [4.78, 5) is 10.0. The lowest BCUT2D eigenvalue weighted by Crippen LogP contribution is -2.07. The van der Waals surface area contributed by atoms with Gasteiger partial charge < -0.3 is 9.53 Å². The van der Waals surface area contributed by atoms with Gasteiger partial charge in [-0.1, -0.05) is 6.92 Å². The van der Waals surface area contributed by atoms with Gasteiger partial charge in [0.05, 0.1) is 6.61 Å². The summed E-state index contributed by atoms with van der Waals surface area (Å²) in [5.41, 5.74) is 0. The molecular formula is C6H12O2. The maximum atomic E-state index is 10.0. The van der Waals surface area contributed by atoms with E-state index >= 15 is 0 Å². The first kappa shape index (κ1) is 7.63. The normalized spacial score (nSPS) is 13.2. The van der Waals surface area contributed by atoms with Crippen LogP contribution in [0.1, 0.15) is 13.3 Å². The van der Waals surface area contributed by atoms with Crippen molar-refractivity contribution in [1.82, 2.24) is 0 Å². The largest absolute Gasteiger partial charge is 0.384 e. The van der Waals surface area contributed by atoms with Gasteiger partial charge in [0, 0.05) is 13.0 Å². The summed E-state index contributed by atoms with van der Waals surface area (Å²) in [6.07, 6.45) is 1.81. The zero-order chi connectivity index (χ0) is 6.41. The van der Waals surface area contributed by atoms with Crippen LogP contribution in [-0.2, 0) is 9.53 Å². The summed E-state index contributed by atoms with van der Waals surface area (Å²) in [5.74, 6) is 0.0972. The second-order valence-corrected chi connectivity index (χ2v) is 1.76. The van der Waals surface area contributed by atoms with Gasteiger partial charge in [-0.05, 0) is 6.42 Å². The molecule has 0 bridgehead atoms. The maximum absolute atomic E-state index is 10.0. The van der Waals surface area contributed by atoms with E-state index in [0.29, 0.717) is 6.61 Å². The molecular weight excluding hydrogens is 104 g/mol. The Morgan fingerprint density at radius 3 is 2.50 bits per heavy atom. The van der Waals surface area contributed by atoms with E-state index < -0.39 is 0 Å². The van der Waals surface area contributed by atoms with Crippen molar-refractivity contribution < 1.29 is 9.53 Å². The zero-order valence-corrected chi connectivity index (χ0v) is 5.39. The molecule has 0 saturated carbocycles. The molecule has 0 radical (unpaired) electrons. The van der Waals surface area contributed by atoms with Crippen molar-refractivity contribution in [3.05, 3.63) is 0 Å². The fraction of sp³-hybridized carbons (Fsp3) is 0.833. The molecule has 0 aliphatic carbocycles. The molecule has 0 aromatic carbocycles. The molecule has 0 amide bonds. The van der Waals surface area contributed by atoms with Crippen molar-refractivity contribution >= 4 is 6.29 Å². The number of methoxy groups -OCH3 is 1. The Hall–Kier alpha value is -0.370. The van der Waals surface area contributed by atoms with E-state index in [-0.39, 0.29) is 5.92 Å². The van der Waals surface area contributed by atoms with Crippen molar-refractivity contribution in [3.63, 3.8) is 0 Å². The fourth-order valence-corrected chi connectivity index (χ4v) is 0.467. The number of rotatable bonds is 4. The molecule has 2 heteroatoms. The molecule has 8 heavy (non-hydrogen) atoms. The number of hydrogen-bond donors (Lipinski definition) is 0. The molecule has 48 valence electrons. The Bertz CT molecular complexity index is 61.5. The maximum Gasteiger partial charge on any atom is 0.125 e. The van der Waals surface area contributed by atoms with Crippen LogP contribution in [0.4, 0.5) is 0 Å². The smallest absolute Gasteiger partial charge is 0.125 e. The fourth-order valence-electron chi connectivity index (χ4n) is 0.467. The quantitative estimate of drug-likeness (QED) is 0.509. The molecule has 0 saturated heterocycles. The average Bonchev–Trinajstić information content (AvgIpc) is 1.83. The van der Waals surface area contributed by atoms with Gasteiger partial charge >= 0.3 is 0 Å². The van der Waals surface area contributed by atoms with Gasteiger partial charge in [0.1, 0.15) is 6.29 Å². The predicted molar refractivity (Wildman–Crippen MR) is 31.7 cm³/mol. The van der Waals surface area contributed by atoms with Gasteiger partial charge in [0.15, 0.2) is 0 Å². The second-order valence-electron chi connectivity index (χ2n) is 1.76. The minimum Gasteiger partial charge on any atom is -0.384 e. The van der Waals surface area contributed by atoms with Gasteiger partial charge in [-0.25, -0.2) is 0 Å². The SMILES string of the molecule is CCC(C=O)COC. The van der Waals surface area contributed by atoms with Gasteiger partial charge in [0.2, 0.25) is 0 Å². The van der Waals surface area contributed by atoms with E-state index in [9.17, 15) is 4.79 Å². The Morgan fingerprint density at radius 2 is 2.38 bits per heavy atom. The topological polar surface area (TPSA) is 26.3 Å². The minimum absolute atomic E-state index is 0.0972. The Labute approximate surface area is 49.8 Å². The third-order valence-electron chi connectivity index (χ3n) is 1.10. The highest BCUT2D eigenvalue weighted by molar-refractivity contribution is 5.53. The van der Waals surface area contributed by atoms with Crippen LogP contribution in [0.2, 0.25) is 0 Å². The van der Waals surface area contributed by atoms with Crippen LogP contribution in [0.5, 0.6) is 0 Å².